The second-order valence-corrected chi connectivity index (χ2v) is 4.31. The second-order valence-electron chi connectivity index (χ2n) is 4.31. The number of rotatable bonds is 3. The zero-order chi connectivity index (χ0) is 10.8. The lowest BCUT2D eigenvalue weighted by molar-refractivity contribution is -0.126. The molecule has 0 radical (unpaired) electrons. The van der Waals surface area contributed by atoms with Gasteiger partial charge in [0.2, 0.25) is 5.91 Å². The lowest BCUT2D eigenvalue weighted by Gasteiger charge is -2.30. The van der Waals surface area contributed by atoms with Crippen LogP contribution < -0.4 is 11.1 Å². The Bertz CT molecular complexity index is 220. The van der Waals surface area contributed by atoms with Gasteiger partial charge in [-0.25, -0.2) is 0 Å². The van der Waals surface area contributed by atoms with E-state index in [1.54, 1.807) is 0 Å². The van der Waals surface area contributed by atoms with E-state index in [0.717, 1.165) is 13.0 Å². The van der Waals surface area contributed by atoms with E-state index >= 15 is 0 Å². The van der Waals surface area contributed by atoms with Crippen molar-refractivity contribution >= 4 is 5.91 Å². The van der Waals surface area contributed by atoms with Gasteiger partial charge in [0.05, 0.1) is 11.6 Å². The van der Waals surface area contributed by atoms with Crippen molar-refractivity contribution in [3.63, 3.8) is 0 Å². The fraction of sp³-hybridized carbons (Fsp3) is 0.900. The first-order chi connectivity index (χ1) is 6.49. The Morgan fingerprint density at radius 1 is 1.79 bits per heavy atom. The van der Waals surface area contributed by atoms with Crippen molar-refractivity contribution in [1.29, 1.82) is 0 Å². The van der Waals surface area contributed by atoms with Crippen LogP contribution in [0.3, 0.4) is 0 Å². The Hall–Kier alpha value is -0.610. The molecule has 1 heterocycles. The van der Waals surface area contributed by atoms with Gasteiger partial charge >= 0.3 is 0 Å². The average molecular weight is 200 g/mol. The summed E-state index contributed by atoms with van der Waals surface area (Å²) in [7, 11) is 0. The highest BCUT2D eigenvalue weighted by atomic mass is 16.5. The summed E-state index contributed by atoms with van der Waals surface area (Å²) in [5.41, 5.74) is 5.21. The molecule has 1 fully saturated rings. The minimum absolute atomic E-state index is 0.0207. The van der Waals surface area contributed by atoms with Crippen LogP contribution in [-0.4, -0.2) is 30.7 Å². The Labute approximate surface area is 85.2 Å². The molecule has 1 amide bonds. The summed E-state index contributed by atoms with van der Waals surface area (Å²) >= 11 is 0. The second kappa shape index (κ2) is 4.28. The van der Waals surface area contributed by atoms with E-state index in [1.807, 2.05) is 20.8 Å². The van der Waals surface area contributed by atoms with Crippen molar-refractivity contribution in [3.05, 3.63) is 0 Å². The van der Waals surface area contributed by atoms with E-state index in [-0.39, 0.29) is 23.5 Å². The Morgan fingerprint density at radius 2 is 2.43 bits per heavy atom. The first-order valence-corrected chi connectivity index (χ1v) is 5.13. The highest BCUT2D eigenvalue weighted by Gasteiger charge is 2.38. The van der Waals surface area contributed by atoms with Crippen molar-refractivity contribution in [2.24, 2.45) is 11.7 Å². The van der Waals surface area contributed by atoms with Gasteiger partial charge in [0, 0.05) is 19.1 Å². The number of carbonyl (C=O) groups is 1. The van der Waals surface area contributed by atoms with Gasteiger partial charge < -0.3 is 15.8 Å². The normalized spacial score (nSPS) is 34.1. The standard InChI is InChI=1S/C10H20N2O2/c1-7(6-11)9(13)12-10(3)4-5-14-8(10)2/h7-8H,4-6,11H2,1-3H3,(H,12,13). The number of amides is 1. The molecule has 4 nitrogen and oxygen atoms in total. The maximum Gasteiger partial charge on any atom is 0.224 e. The molecule has 0 aromatic heterocycles. The molecule has 3 atom stereocenters. The summed E-state index contributed by atoms with van der Waals surface area (Å²) in [6, 6.07) is 0. The SMILES string of the molecule is CC(CN)C(=O)NC1(C)CCOC1C. The van der Waals surface area contributed by atoms with Gasteiger partial charge in [-0.3, -0.25) is 4.79 Å². The molecule has 4 heteroatoms. The number of nitrogens with one attached hydrogen (secondary N) is 1. The third kappa shape index (κ3) is 2.25. The van der Waals surface area contributed by atoms with Gasteiger partial charge in [0.25, 0.3) is 0 Å². The molecule has 1 saturated heterocycles. The van der Waals surface area contributed by atoms with Crippen LogP contribution in [-0.2, 0) is 9.53 Å². The van der Waals surface area contributed by atoms with E-state index in [0.29, 0.717) is 6.54 Å². The molecule has 0 aromatic carbocycles. The summed E-state index contributed by atoms with van der Waals surface area (Å²) in [4.78, 5) is 11.6. The maximum absolute atomic E-state index is 11.6. The van der Waals surface area contributed by atoms with Crippen LogP contribution >= 0.6 is 0 Å². The molecule has 0 bridgehead atoms. The Balaban J connectivity index is 2.54. The molecule has 1 aliphatic heterocycles. The molecule has 3 N–H and O–H groups in total. The summed E-state index contributed by atoms with van der Waals surface area (Å²) < 4.78 is 5.44. The highest BCUT2D eigenvalue weighted by molar-refractivity contribution is 5.79. The zero-order valence-corrected chi connectivity index (χ0v) is 9.17. The fourth-order valence-electron chi connectivity index (χ4n) is 1.51. The van der Waals surface area contributed by atoms with Gasteiger partial charge in [-0.05, 0) is 20.3 Å². The average Bonchev–Trinajstić information content (AvgIpc) is 2.45. The molecular weight excluding hydrogens is 180 g/mol. The van der Waals surface area contributed by atoms with Crippen molar-refractivity contribution in [2.45, 2.75) is 38.8 Å². The van der Waals surface area contributed by atoms with Crippen LogP contribution in [0.1, 0.15) is 27.2 Å². The Kier molecular flexibility index (Phi) is 3.50. The maximum atomic E-state index is 11.6. The van der Waals surface area contributed by atoms with E-state index in [1.165, 1.54) is 0 Å². The van der Waals surface area contributed by atoms with Gasteiger partial charge in [0.1, 0.15) is 0 Å². The first-order valence-electron chi connectivity index (χ1n) is 5.13. The monoisotopic (exact) mass is 200 g/mol. The van der Waals surface area contributed by atoms with Crippen LogP contribution in [0.25, 0.3) is 0 Å². The van der Waals surface area contributed by atoms with Crippen molar-refractivity contribution < 1.29 is 9.53 Å². The van der Waals surface area contributed by atoms with Gasteiger partial charge in [0.15, 0.2) is 0 Å². The molecule has 0 saturated carbocycles. The fourth-order valence-corrected chi connectivity index (χ4v) is 1.51. The predicted octanol–water partition coefficient (Wildman–Crippen LogP) is 0.265. The summed E-state index contributed by atoms with van der Waals surface area (Å²) in [6.45, 7) is 6.94. The Morgan fingerprint density at radius 3 is 2.86 bits per heavy atom. The summed E-state index contributed by atoms with van der Waals surface area (Å²) in [5.74, 6) is -0.105. The molecule has 0 spiro atoms. The molecule has 3 unspecified atom stereocenters. The highest BCUT2D eigenvalue weighted by Crippen LogP contribution is 2.25. The van der Waals surface area contributed by atoms with Gasteiger partial charge in [-0.2, -0.15) is 0 Å². The van der Waals surface area contributed by atoms with E-state index < -0.39 is 0 Å². The van der Waals surface area contributed by atoms with Crippen molar-refractivity contribution in [1.82, 2.24) is 5.32 Å². The van der Waals surface area contributed by atoms with E-state index in [2.05, 4.69) is 5.32 Å². The number of ether oxygens (including phenoxy) is 1. The topological polar surface area (TPSA) is 64.4 Å². The van der Waals surface area contributed by atoms with E-state index in [4.69, 9.17) is 10.5 Å². The molecule has 14 heavy (non-hydrogen) atoms. The largest absolute Gasteiger partial charge is 0.376 e. The van der Waals surface area contributed by atoms with Crippen molar-refractivity contribution in [2.75, 3.05) is 13.2 Å². The first kappa shape index (κ1) is 11.5. The number of nitrogens with two attached hydrogens (primary N) is 1. The van der Waals surface area contributed by atoms with Crippen LogP contribution in [0.15, 0.2) is 0 Å². The third-order valence-corrected chi connectivity index (χ3v) is 3.10. The number of carbonyl (C=O) groups excluding carboxylic acids is 1. The molecule has 1 rings (SSSR count). The zero-order valence-electron chi connectivity index (χ0n) is 9.17. The van der Waals surface area contributed by atoms with Crippen molar-refractivity contribution in [3.8, 4) is 0 Å². The number of hydrogen-bond acceptors (Lipinski definition) is 3. The minimum atomic E-state index is -0.222. The van der Waals surface area contributed by atoms with Gasteiger partial charge in [-0.15, -0.1) is 0 Å². The quantitative estimate of drug-likeness (QED) is 0.687. The molecule has 82 valence electrons. The third-order valence-electron chi connectivity index (χ3n) is 3.10. The lowest BCUT2D eigenvalue weighted by atomic mass is 9.93. The van der Waals surface area contributed by atoms with Crippen LogP contribution in [0.5, 0.6) is 0 Å². The molecule has 1 aliphatic rings. The smallest absolute Gasteiger partial charge is 0.224 e. The molecular formula is C10H20N2O2. The molecule has 0 aliphatic carbocycles. The summed E-state index contributed by atoms with van der Waals surface area (Å²) in [5, 5.41) is 3.01. The van der Waals surface area contributed by atoms with E-state index in [9.17, 15) is 4.79 Å². The van der Waals surface area contributed by atoms with Crippen LogP contribution in [0, 0.1) is 5.92 Å². The lowest BCUT2D eigenvalue weighted by Crippen LogP contribution is -2.52. The predicted molar refractivity (Wildman–Crippen MR) is 54.8 cm³/mol. The minimum Gasteiger partial charge on any atom is -0.376 e. The summed E-state index contributed by atoms with van der Waals surface area (Å²) in [6.07, 6.45) is 0.952. The van der Waals surface area contributed by atoms with Crippen LogP contribution in [0.4, 0.5) is 0 Å². The number of hydrogen-bond donors (Lipinski definition) is 2. The van der Waals surface area contributed by atoms with Gasteiger partial charge in [-0.1, -0.05) is 6.92 Å². The van der Waals surface area contributed by atoms with Crippen LogP contribution in [0.2, 0.25) is 0 Å². The molecule has 0 aromatic rings.